The molecule has 0 bridgehead atoms. The van der Waals surface area contributed by atoms with Gasteiger partial charge >= 0.3 is 5.97 Å². The van der Waals surface area contributed by atoms with Gasteiger partial charge in [0.15, 0.2) is 0 Å². The van der Waals surface area contributed by atoms with Gasteiger partial charge in [-0.3, -0.25) is 9.69 Å². The number of carbonyl (C=O) groups is 2. The van der Waals surface area contributed by atoms with Crippen molar-refractivity contribution in [3.05, 3.63) is 0 Å². The second kappa shape index (κ2) is 4.94. The van der Waals surface area contributed by atoms with Crippen molar-refractivity contribution in [3.63, 3.8) is 0 Å². The summed E-state index contributed by atoms with van der Waals surface area (Å²) in [5.74, 6) is -1.01. The van der Waals surface area contributed by atoms with Crippen molar-refractivity contribution < 1.29 is 14.7 Å². The Kier molecular flexibility index (Phi) is 4.10. The molecule has 0 spiro atoms. The Hall–Kier alpha value is -0.620. The Morgan fingerprint density at radius 1 is 1.73 bits per heavy atom. The number of aliphatic carboxylic acids is 1. The lowest BCUT2D eigenvalue weighted by molar-refractivity contribution is -0.147. The van der Waals surface area contributed by atoms with Gasteiger partial charge in [0, 0.05) is 0 Å². The van der Waals surface area contributed by atoms with Crippen LogP contribution in [0.15, 0.2) is 0 Å². The van der Waals surface area contributed by atoms with Crippen LogP contribution in [0.25, 0.3) is 0 Å². The lowest BCUT2D eigenvalue weighted by Gasteiger charge is -2.27. The highest BCUT2D eigenvalue weighted by atomic mass is 32.2. The van der Waals surface area contributed by atoms with Gasteiger partial charge in [-0.05, 0) is 5.92 Å². The molecule has 1 aliphatic rings. The summed E-state index contributed by atoms with van der Waals surface area (Å²) < 4.78 is 0.382. The van der Waals surface area contributed by atoms with Crippen molar-refractivity contribution in [2.24, 2.45) is 5.92 Å². The van der Waals surface area contributed by atoms with Crippen LogP contribution in [0, 0.1) is 5.92 Å². The van der Waals surface area contributed by atoms with Gasteiger partial charge in [0.2, 0.25) is 5.91 Å². The second-order valence-electron chi connectivity index (χ2n) is 3.49. The smallest absolute Gasteiger partial charge is 0.327 e. The molecule has 0 saturated carbocycles. The molecule has 1 unspecified atom stereocenters. The van der Waals surface area contributed by atoms with E-state index >= 15 is 0 Å². The van der Waals surface area contributed by atoms with Gasteiger partial charge in [-0.2, -0.15) is 0 Å². The Balaban J connectivity index is 2.93. The molecule has 1 saturated heterocycles. The Morgan fingerprint density at radius 2 is 2.33 bits per heavy atom. The molecule has 84 valence electrons. The molecule has 1 aliphatic heterocycles. The fourth-order valence-corrected chi connectivity index (χ4v) is 2.60. The number of rotatable bonds is 4. The summed E-state index contributed by atoms with van der Waals surface area (Å²) in [5, 5.41) is 9.11. The van der Waals surface area contributed by atoms with E-state index in [1.165, 1.54) is 16.7 Å². The number of amides is 1. The highest BCUT2D eigenvalue weighted by Gasteiger charge is 2.39. The number of hydrogen-bond acceptors (Lipinski definition) is 4. The summed E-state index contributed by atoms with van der Waals surface area (Å²) in [6, 6.07) is -0.815. The van der Waals surface area contributed by atoms with E-state index in [2.05, 4.69) is 0 Å². The van der Waals surface area contributed by atoms with Gasteiger partial charge in [0.1, 0.15) is 10.4 Å². The van der Waals surface area contributed by atoms with Crippen LogP contribution in [0.2, 0.25) is 0 Å². The number of carboxylic acids is 1. The van der Waals surface area contributed by atoms with E-state index in [1.807, 2.05) is 13.8 Å². The van der Waals surface area contributed by atoms with E-state index in [0.29, 0.717) is 10.7 Å². The molecule has 1 N–H and O–H groups in total. The van der Waals surface area contributed by atoms with Crippen molar-refractivity contribution in [1.82, 2.24) is 4.90 Å². The van der Waals surface area contributed by atoms with Crippen molar-refractivity contribution in [2.75, 3.05) is 5.75 Å². The minimum absolute atomic E-state index is 0.0944. The van der Waals surface area contributed by atoms with Crippen LogP contribution in [-0.4, -0.2) is 38.0 Å². The maximum Gasteiger partial charge on any atom is 0.327 e. The summed E-state index contributed by atoms with van der Waals surface area (Å²) in [4.78, 5) is 23.9. The van der Waals surface area contributed by atoms with Crippen molar-refractivity contribution in [2.45, 2.75) is 26.3 Å². The molecule has 0 radical (unpaired) electrons. The molecule has 0 aliphatic carbocycles. The molecule has 2 atom stereocenters. The zero-order chi connectivity index (χ0) is 11.6. The zero-order valence-electron chi connectivity index (χ0n) is 8.60. The van der Waals surface area contributed by atoms with E-state index < -0.39 is 12.0 Å². The largest absolute Gasteiger partial charge is 0.480 e. The first-order valence-electron chi connectivity index (χ1n) is 4.70. The van der Waals surface area contributed by atoms with E-state index in [4.69, 9.17) is 17.3 Å². The predicted molar refractivity (Wildman–Crippen MR) is 62.8 cm³/mol. The predicted octanol–water partition coefficient (Wildman–Crippen LogP) is 1.35. The average molecular weight is 247 g/mol. The minimum Gasteiger partial charge on any atom is -0.480 e. The van der Waals surface area contributed by atoms with Crippen LogP contribution in [-0.2, 0) is 9.59 Å². The first-order chi connectivity index (χ1) is 6.99. The van der Waals surface area contributed by atoms with Crippen LogP contribution >= 0.6 is 24.0 Å². The molecule has 0 aromatic heterocycles. The molecule has 1 amide bonds. The number of hydrogen-bond donors (Lipinski definition) is 1. The van der Waals surface area contributed by atoms with Crippen molar-refractivity contribution in [1.29, 1.82) is 0 Å². The number of carboxylic acid groups (broad SMARTS) is 1. The molecular formula is C9H13NO3S2. The monoisotopic (exact) mass is 247 g/mol. The lowest BCUT2D eigenvalue weighted by atomic mass is 9.98. The van der Waals surface area contributed by atoms with Crippen molar-refractivity contribution in [3.8, 4) is 0 Å². The summed E-state index contributed by atoms with van der Waals surface area (Å²) in [5.41, 5.74) is 0. The fraction of sp³-hybridized carbons (Fsp3) is 0.667. The first kappa shape index (κ1) is 12.4. The van der Waals surface area contributed by atoms with Gasteiger partial charge < -0.3 is 5.11 Å². The summed E-state index contributed by atoms with van der Waals surface area (Å²) >= 11 is 6.22. The van der Waals surface area contributed by atoms with Gasteiger partial charge in [0.25, 0.3) is 0 Å². The van der Waals surface area contributed by atoms with E-state index in [0.717, 1.165) is 0 Å². The zero-order valence-corrected chi connectivity index (χ0v) is 10.2. The number of nitrogens with zero attached hydrogens (tertiary/aromatic N) is 1. The standard InChI is InChI=1S/C9H13NO3S2/c1-3-5(2)7(8(12)13)10-6(11)4-15-9(10)14/h5,7H,3-4H2,1-2H3,(H,12,13)/t5?,7-/m0/s1. The van der Waals surface area contributed by atoms with Crippen LogP contribution in [0.4, 0.5) is 0 Å². The molecule has 1 rings (SSSR count). The van der Waals surface area contributed by atoms with Gasteiger partial charge in [-0.25, -0.2) is 4.79 Å². The topological polar surface area (TPSA) is 57.6 Å². The van der Waals surface area contributed by atoms with Crippen LogP contribution in [0.1, 0.15) is 20.3 Å². The Labute approximate surface area is 98.0 Å². The molecule has 6 heteroatoms. The summed E-state index contributed by atoms with van der Waals surface area (Å²) in [6.45, 7) is 3.72. The number of thioether (sulfide) groups is 1. The molecule has 1 fully saturated rings. The highest BCUT2D eigenvalue weighted by Crippen LogP contribution is 2.26. The summed E-state index contributed by atoms with van der Waals surface area (Å²) in [7, 11) is 0. The highest BCUT2D eigenvalue weighted by molar-refractivity contribution is 8.23. The maximum absolute atomic E-state index is 11.5. The SMILES string of the molecule is CCC(C)[C@@H](C(=O)O)N1C(=O)CSC1=S. The van der Waals surface area contributed by atoms with Gasteiger partial charge in [-0.15, -0.1) is 0 Å². The third-order valence-corrected chi connectivity index (χ3v) is 3.88. The fourth-order valence-electron chi connectivity index (χ4n) is 1.46. The Bertz CT molecular complexity index is 290. The Morgan fingerprint density at radius 3 is 2.67 bits per heavy atom. The number of thiocarbonyl (C=S) groups is 1. The third-order valence-electron chi connectivity index (χ3n) is 2.50. The van der Waals surface area contributed by atoms with Crippen LogP contribution in [0.5, 0.6) is 0 Å². The van der Waals surface area contributed by atoms with Gasteiger partial charge in [0.05, 0.1) is 5.75 Å². The van der Waals surface area contributed by atoms with Crippen LogP contribution in [0.3, 0.4) is 0 Å². The quantitative estimate of drug-likeness (QED) is 0.760. The van der Waals surface area contributed by atoms with Crippen LogP contribution < -0.4 is 0 Å². The first-order valence-corrected chi connectivity index (χ1v) is 6.10. The average Bonchev–Trinajstić information content (AvgIpc) is 2.49. The summed E-state index contributed by atoms with van der Waals surface area (Å²) in [6.07, 6.45) is 0.702. The van der Waals surface area contributed by atoms with Crippen molar-refractivity contribution >= 4 is 40.2 Å². The van der Waals surface area contributed by atoms with E-state index in [9.17, 15) is 9.59 Å². The van der Waals surface area contributed by atoms with E-state index in [-0.39, 0.29) is 17.6 Å². The lowest BCUT2D eigenvalue weighted by Crippen LogP contribution is -2.47. The second-order valence-corrected chi connectivity index (χ2v) is 5.10. The molecular weight excluding hydrogens is 234 g/mol. The molecule has 4 nitrogen and oxygen atoms in total. The van der Waals surface area contributed by atoms with E-state index in [1.54, 1.807) is 0 Å². The normalized spacial score (nSPS) is 20.5. The molecule has 0 aromatic carbocycles. The number of carbonyl (C=O) groups excluding carboxylic acids is 1. The molecule has 0 aromatic rings. The molecule has 1 heterocycles. The third kappa shape index (κ3) is 2.49. The molecule has 15 heavy (non-hydrogen) atoms. The minimum atomic E-state index is -0.984. The van der Waals surface area contributed by atoms with Gasteiger partial charge in [-0.1, -0.05) is 44.2 Å². The maximum atomic E-state index is 11.5.